The van der Waals surface area contributed by atoms with Crippen molar-refractivity contribution in [3.05, 3.63) is 71.6 Å². The number of carbonyl (C=O) groups is 1. The molecule has 2 rings (SSSR count). The van der Waals surface area contributed by atoms with Gasteiger partial charge in [-0.15, -0.1) is 0 Å². The molecule has 0 saturated heterocycles. The van der Waals surface area contributed by atoms with E-state index in [2.05, 4.69) is 5.32 Å². The number of hydrogen-bond acceptors (Lipinski definition) is 2. The first-order valence-electron chi connectivity index (χ1n) is 5.79. The van der Waals surface area contributed by atoms with E-state index >= 15 is 0 Å². The summed E-state index contributed by atoms with van der Waals surface area (Å²) in [4.78, 5) is 12.6. The SMILES string of the molecule is O=C(C=CSc1ccccc1)Nc1ccc(F)c(F)c1. The first kappa shape index (κ1) is 14.3. The summed E-state index contributed by atoms with van der Waals surface area (Å²) in [6, 6.07) is 12.7. The van der Waals surface area contributed by atoms with E-state index in [0.717, 1.165) is 17.0 Å². The molecule has 0 aromatic heterocycles. The second kappa shape index (κ2) is 6.86. The first-order chi connectivity index (χ1) is 9.65. The number of benzene rings is 2. The van der Waals surface area contributed by atoms with Gasteiger partial charge in [0.05, 0.1) is 0 Å². The lowest BCUT2D eigenvalue weighted by Crippen LogP contribution is -2.07. The Morgan fingerprint density at radius 2 is 1.80 bits per heavy atom. The molecule has 0 atom stereocenters. The summed E-state index contributed by atoms with van der Waals surface area (Å²) >= 11 is 1.39. The second-order valence-corrected chi connectivity index (χ2v) is 4.83. The van der Waals surface area contributed by atoms with Crippen molar-refractivity contribution in [3.63, 3.8) is 0 Å². The van der Waals surface area contributed by atoms with Crippen LogP contribution in [0.4, 0.5) is 14.5 Å². The van der Waals surface area contributed by atoms with E-state index in [-0.39, 0.29) is 5.69 Å². The van der Waals surface area contributed by atoms with Gasteiger partial charge >= 0.3 is 0 Å². The molecule has 0 heterocycles. The maximum Gasteiger partial charge on any atom is 0.248 e. The van der Waals surface area contributed by atoms with Crippen molar-refractivity contribution in [3.8, 4) is 0 Å². The van der Waals surface area contributed by atoms with Crippen LogP contribution in [0.3, 0.4) is 0 Å². The monoisotopic (exact) mass is 291 g/mol. The summed E-state index contributed by atoms with van der Waals surface area (Å²) in [7, 11) is 0. The van der Waals surface area contributed by atoms with Gasteiger partial charge in [-0.3, -0.25) is 4.79 Å². The minimum Gasteiger partial charge on any atom is -0.322 e. The molecule has 1 N–H and O–H groups in total. The van der Waals surface area contributed by atoms with Gasteiger partial charge in [-0.05, 0) is 29.7 Å². The van der Waals surface area contributed by atoms with Crippen molar-refractivity contribution in [2.75, 3.05) is 5.32 Å². The van der Waals surface area contributed by atoms with E-state index in [1.54, 1.807) is 5.41 Å². The molecule has 20 heavy (non-hydrogen) atoms. The highest BCUT2D eigenvalue weighted by molar-refractivity contribution is 8.02. The Balaban J connectivity index is 1.90. The third kappa shape index (κ3) is 4.20. The Kier molecular flexibility index (Phi) is 4.90. The molecule has 0 unspecified atom stereocenters. The fourth-order valence-corrected chi connectivity index (χ4v) is 2.09. The number of thioether (sulfide) groups is 1. The van der Waals surface area contributed by atoms with Crippen molar-refractivity contribution < 1.29 is 13.6 Å². The van der Waals surface area contributed by atoms with Crippen molar-refractivity contribution in [2.45, 2.75) is 4.90 Å². The number of rotatable bonds is 4. The van der Waals surface area contributed by atoms with Crippen LogP contribution in [-0.2, 0) is 4.79 Å². The van der Waals surface area contributed by atoms with Crippen molar-refractivity contribution in [1.29, 1.82) is 0 Å². The van der Waals surface area contributed by atoms with E-state index in [1.165, 1.54) is 23.9 Å². The fraction of sp³-hybridized carbons (Fsp3) is 0. The van der Waals surface area contributed by atoms with Crippen LogP contribution in [0.15, 0.2) is 64.9 Å². The van der Waals surface area contributed by atoms with Crippen molar-refractivity contribution in [2.24, 2.45) is 0 Å². The average molecular weight is 291 g/mol. The minimum absolute atomic E-state index is 0.211. The highest BCUT2D eigenvalue weighted by Gasteiger charge is 2.03. The second-order valence-electron chi connectivity index (χ2n) is 3.85. The molecule has 2 nitrogen and oxygen atoms in total. The smallest absolute Gasteiger partial charge is 0.248 e. The lowest BCUT2D eigenvalue weighted by atomic mass is 10.3. The van der Waals surface area contributed by atoms with E-state index < -0.39 is 17.5 Å². The standard InChI is InChI=1S/C15H11F2NOS/c16-13-7-6-11(10-14(13)17)18-15(19)8-9-20-12-4-2-1-3-5-12/h1-10H,(H,18,19). The molecule has 0 fully saturated rings. The highest BCUT2D eigenvalue weighted by atomic mass is 32.2. The van der Waals surface area contributed by atoms with E-state index in [9.17, 15) is 13.6 Å². The molecular formula is C15H11F2NOS. The summed E-state index contributed by atoms with van der Waals surface area (Å²) in [5, 5.41) is 4.08. The summed E-state index contributed by atoms with van der Waals surface area (Å²) in [6.45, 7) is 0. The molecular weight excluding hydrogens is 280 g/mol. The zero-order chi connectivity index (χ0) is 14.4. The molecule has 0 aliphatic carbocycles. The Hall–Kier alpha value is -2.14. The van der Waals surface area contributed by atoms with E-state index in [1.807, 2.05) is 30.3 Å². The van der Waals surface area contributed by atoms with Gasteiger partial charge in [-0.25, -0.2) is 8.78 Å². The Bertz CT molecular complexity index is 629. The van der Waals surface area contributed by atoms with E-state index in [4.69, 9.17) is 0 Å². The van der Waals surface area contributed by atoms with Crippen LogP contribution in [0, 0.1) is 11.6 Å². The Morgan fingerprint density at radius 1 is 1.05 bits per heavy atom. The quantitative estimate of drug-likeness (QED) is 0.675. The van der Waals surface area contributed by atoms with Gasteiger partial charge in [0.2, 0.25) is 5.91 Å². The van der Waals surface area contributed by atoms with Crippen LogP contribution in [-0.4, -0.2) is 5.91 Å². The number of anilines is 1. The average Bonchev–Trinajstić information content (AvgIpc) is 2.44. The lowest BCUT2D eigenvalue weighted by Gasteiger charge is -2.02. The third-order valence-corrected chi connectivity index (χ3v) is 3.17. The first-order valence-corrected chi connectivity index (χ1v) is 6.67. The van der Waals surface area contributed by atoms with Gasteiger partial charge < -0.3 is 5.32 Å². The largest absolute Gasteiger partial charge is 0.322 e. The number of carbonyl (C=O) groups excluding carboxylic acids is 1. The molecule has 0 aliphatic rings. The van der Waals surface area contributed by atoms with Gasteiger partial charge in [0.15, 0.2) is 11.6 Å². The van der Waals surface area contributed by atoms with Crippen LogP contribution < -0.4 is 5.32 Å². The predicted molar refractivity (Wildman–Crippen MR) is 76.4 cm³/mol. The Morgan fingerprint density at radius 3 is 2.50 bits per heavy atom. The third-order valence-electron chi connectivity index (χ3n) is 2.35. The maximum atomic E-state index is 13.0. The van der Waals surface area contributed by atoms with Crippen LogP contribution in [0.5, 0.6) is 0 Å². The van der Waals surface area contributed by atoms with E-state index in [0.29, 0.717) is 0 Å². The number of nitrogens with one attached hydrogen (secondary N) is 1. The fourth-order valence-electron chi connectivity index (χ4n) is 1.43. The molecule has 5 heteroatoms. The number of hydrogen-bond donors (Lipinski definition) is 1. The Labute approximate surface area is 119 Å². The van der Waals surface area contributed by atoms with Gasteiger partial charge in [-0.1, -0.05) is 30.0 Å². The molecule has 0 aliphatic heterocycles. The molecule has 0 radical (unpaired) electrons. The molecule has 0 bridgehead atoms. The minimum atomic E-state index is -0.995. The molecule has 2 aromatic carbocycles. The summed E-state index contributed by atoms with van der Waals surface area (Å²) in [5.41, 5.74) is 0.211. The van der Waals surface area contributed by atoms with Crippen LogP contribution in [0.1, 0.15) is 0 Å². The molecule has 102 valence electrons. The summed E-state index contributed by atoms with van der Waals surface area (Å²) in [6.07, 6.45) is 1.33. The summed E-state index contributed by atoms with van der Waals surface area (Å²) < 4.78 is 25.7. The zero-order valence-corrected chi connectivity index (χ0v) is 11.2. The van der Waals surface area contributed by atoms with Crippen LogP contribution in [0.25, 0.3) is 0 Å². The molecule has 0 saturated carbocycles. The lowest BCUT2D eigenvalue weighted by molar-refractivity contribution is -0.111. The molecule has 2 aromatic rings. The zero-order valence-electron chi connectivity index (χ0n) is 10.3. The topological polar surface area (TPSA) is 29.1 Å². The highest BCUT2D eigenvalue weighted by Crippen LogP contribution is 2.18. The van der Waals surface area contributed by atoms with Gasteiger partial charge in [0.1, 0.15) is 0 Å². The summed E-state index contributed by atoms with van der Waals surface area (Å²) in [5.74, 6) is -2.34. The predicted octanol–water partition coefficient (Wildman–Crippen LogP) is 4.21. The van der Waals surface area contributed by atoms with Gasteiger partial charge in [0, 0.05) is 22.7 Å². The molecule has 0 spiro atoms. The van der Waals surface area contributed by atoms with Crippen molar-refractivity contribution >= 4 is 23.4 Å². The van der Waals surface area contributed by atoms with Crippen LogP contribution >= 0.6 is 11.8 Å². The number of halogens is 2. The molecule has 1 amide bonds. The van der Waals surface area contributed by atoms with Gasteiger partial charge in [-0.2, -0.15) is 0 Å². The van der Waals surface area contributed by atoms with Crippen molar-refractivity contribution in [1.82, 2.24) is 0 Å². The number of amides is 1. The maximum absolute atomic E-state index is 13.0. The van der Waals surface area contributed by atoms with Gasteiger partial charge in [0.25, 0.3) is 0 Å². The normalized spacial score (nSPS) is 10.7. The van der Waals surface area contributed by atoms with Crippen LogP contribution in [0.2, 0.25) is 0 Å².